The third kappa shape index (κ3) is 4.80. The number of aromatic nitrogens is 4. The summed E-state index contributed by atoms with van der Waals surface area (Å²) in [7, 11) is 0. The van der Waals surface area contributed by atoms with E-state index in [-0.39, 0.29) is 17.2 Å². The molecule has 0 spiro atoms. The van der Waals surface area contributed by atoms with Crippen molar-refractivity contribution in [3.8, 4) is 0 Å². The number of aryl methyl sites for hydroxylation is 1. The molecule has 2 heterocycles. The van der Waals surface area contributed by atoms with E-state index in [0.29, 0.717) is 29.7 Å². The summed E-state index contributed by atoms with van der Waals surface area (Å²) in [5, 5.41) is 12.7. The van der Waals surface area contributed by atoms with E-state index in [4.69, 9.17) is 0 Å². The minimum atomic E-state index is -0.372. The van der Waals surface area contributed by atoms with E-state index in [1.54, 1.807) is 41.2 Å². The number of nitrogens with zero attached hydrogens (tertiary/aromatic N) is 4. The molecule has 0 bridgehead atoms. The fraction of sp³-hybridized carbons (Fsp3) is 0.250. The van der Waals surface area contributed by atoms with Gasteiger partial charge >= 0.3 is 0 Å². The number of rotatable bonds is 8. The molecule has 1 amide bonds. The first kappa shape index (κ1) is 22.0. The number of halogens is 1. The van der Waals surface area contributed by atoms with Crippen LogP contribution >= 0.6 is 15.9 Å². The first-order valence-corrected chi connectivity index (χ1v) is 11.4. The van der Waals surface area contributed by atoms with Crippen molar-refractivity contribution in [1.29, 1.82) is 0 Å². The molecule has 0 fully saturated rings. The third-order valence-corrected chi connectivity index (χ3v) is 5.79. The molecule has 0 aliphatic carbocycles. The van der Waals surface area contributed by atoms with Crippen LogP contribution in [0, 0.1) is 0 Å². The Morgan fingerprint density at radius 3 is 2.50 bits per heavy atom. The summed E-state index contributed by atoms with van der Waals surface area (Å²) in [6, 6.07) is 16.8. The average molecular weight is 494 g/mol. The van der Waals surface area contributed by atoms with Crippen LogP contribution in [0.4, 0.5) is 5.82 Å². The van der Waals surface area contributed by atoms with Crippen LogP contribution < -0.4 is 10.9 Å². The summed E-state index contributed by atoms with van der Waals surface area (Å²) in [5.41, 5.74) is 1.11. The van der Waals surface area contributed by atoms with Crippen LogP contribution in [0.15, 0.2) is 70.1 Å². The Bertz CT molecular complexity index is 1290. The van der Waals surface area contributed by atoms with Gasteiger partial charge in [-0.15, -0.1) is 0 Å². The first-order valence-electron chi connectivity index (χ1n) is 10.6. The number of unbranched alkanes of at least 4 members (excludes halogenated alkanes) is 2. The number of carbonyl (C=O) groups is 1. The Morgan fingerprint density at radius 1 is 1.00 bits per heavy atom. The summed E-state index contributed by atoms with van der Waals surface area (Å²) in [6.45, 7) is 3.10. The van der Waals surface area contributed by atoms with E-state index in [2.05, 4.69) is 38.4 Å². The van der Waals surface area contributed by atoms with Crippen LogP contribution in [0.2, 0.25) is 0 Å². The molecule has 0 saturated heterocycles. The molecule has 8 heteroatoms. The van der Waals surface area contributed by atoms with E-state index in [9.17, 15) is 9.59 Å². The molecule has 0 aliphatic heterocycles. The van der Waals surface area contributed by atoms with Crippen LogP contribution in [-0.4, -0.2) is 25.5 Å². The van der Waals surface area contributed by atoms with Gasteiger partial charge in [-0.3, -0.25) is 9.59 Å². The Balaban J connectivity index is 1.63. The van der Waals surface area contributed by atoms with Gasteiger partial charge in [-0.2, -0.15) is 10.2 Å². The van der Waals surface area contributed by atoms with Crippen molar-refractivity contribution in [2.24, 2.45) is 0 Å². The van der Waals surface area contributed by atoms with Crippen LogP contribution in [0.5, 0.6) is 0 Å². The van der Waals surface area contributed by atoms with Crippen LogP contribution in [0.3, 0.4) is 0 Å². The molecule has 4 aromatic rings. The van der Waals surface area contributed by atoms with Gasteiger partial charge < -0.3 is 5.32 Å². The number of hydrogen-bond donors (Lipinski definition) is 1. The van der Waals surface area contributed by atoms with Gasteiger partial charge in [-0.05, 0) is 30.2 Å². The van der Waals surface area contributed by atoms with Gasteiger partial charge in [0.2, 0.25) is 0 Å². The van der Waals surface area contributed by atoms with Crippen LogP contribution in [-0.2, 0) is 13.1 Å². The van der Waals surface area contributed by atoms with Crippen molar-refractivity contribution < 1.29 is 4.79 Å². The summed E-state index contributed by atoms with van der Waals surface area (Å²) in [5.74, 6) is 0.190. The highest BCUT2D eigenvalue weighted by Gasteiger charge is 2.18. The predicted octanol–water partition coefficient (Wildman–Crippen LogP) is 4.85. The normalized spacial score (nSPS) is 11.1. The number of amides is 1. The largest absolute Gasteiger partial charge is 0.305 e. The number of fused-ring (bicyclic) bond motifs is 1. The van der Waals surface area contributed by atoms with E-state index in [1.807, 2.05) is 24.3 Å². The maximum Gasteiger partial charge on any atom is 0.277 e. The summed E-state index contributed by atoms with van der Waals surface area (Å²) >= 11 is 3.44. The molecule has 164 valence electrons. The Morgan fingerprint density at radius 2 is 1.75 bits per heavy atom. The summed E-state index contributed by atoms with van der Waals surface area (Å²) < 4.78 is 4.13. The van der Waals surface area contributed by atoms with Gasteiger partial charge in [0.05, 0.1) is 18.1 Å². The van der Waals surface area contributed by atoms with Crippen molar-refractivity contribution in [1.82, 2.24) is 19.6 Å². The molecule has 0 saturated carbocycles. The van der Waals surface area contributed by atoms with Gasteiger partial charge in [0.25, 0.3) is 11.5 Å². The smallest absolute Gasteiger partial charge is 0.277 e. The number of nitrogens with one attached hydrogen (secondary N) is 1. The van der Waals surface area contributed by atoms with Crippen molar-refractivity contribution in [2.45, 2.75) is 39.3 Å². The van der Waals surface area contributed by atoms with Crippen molar-refractivity contribution in [3.63, 3.8) is 0 Å². The molecule has 0 radical (unpaired) electrons. The molecule has 7 nitrogen and oxygen atoms in total. The molecule has 0 aliphatic rings. The Kier molecular flexibility index (Phi) is 6.80. The zero-order valence-electron chi connectivity index (χ0n) is 17.8. The second kappa shape index (κ2) is 9.91. The number of hydrogen-bond acceptors (Lipinski definition) is 4. The minimum Gasteiger partial charge on any atom is -0.305 e. The molecule has 2 aromatic heterocycles. The summed E-state index contributed by atoms with van der Waals surface area (Å²) in [4.78, 5) is 26.1. The van der Waals surface area contributed by atoms with Crippen molar-refractivity contribution in [3.05, 3.63) is 86.9 Å². The standard InChI is InChI=1S/C24H24BrN5O2/c1-2-3-6-15-29-24(32)20-8-5-4-7-19(20)22(28-29)23(31)27-21-13-14-26-30(21)16-17-9-11-18(25)12-10-17/h4-5,7-14H,2-3,6,15-16H2,1H3,(H,27,31). The molecule has 0 unspecified atom stereocenters. The van der Waals surface area contributed by atoms with Crippen molar-refractivity contribution in [2.75, 3.05) is 5.32 Å². The fourth-order valence-corrected chi connectivity index (χ4v) is 3.83. The molecular weight excluding hydrogens is 470 g/mol. The molecular formula is C24H24BrN5O2. The molecule has 4 rings (SSSR count). The Labute approximate surface area is 194 Å². The number of benzene rings is 2. The average Bonchev–Trinajstić information content (AvgIpc) is 3.23. The van der Waals surface area contributed by atoms with Gasteiger partial charge in [-0.1, -0.05) is 66.0 Å². The number of carbonyl (C=O) groups excluding carboxylic acids is 1. The van der Waals surface area contributed by atoms with Crippen LogP contribution in [0.1, 0.15) is 42.2 Å². The third-order valence-electron chi connectivity index (χ3n) is 5.26. The lowest BCUT2D eigenvalue weighted by Crippen LogP contribution is -2.28. The summed E-state index contributed by atoms with van der Waals surface area (Å²) in [6.07, 6.45) is 4.52. The second-order valence-electron chi connectivity index (χ2n) is 7.58. The van der Waals surface area contributed by atoms with Gasteiger partial charge in [0.1, 0.15) is 5.82 Å². The zero-order chi connectivity index (χ0) is 22.5. The molecule has 1 N–H and O–H groups in total. The maximum atomic E-state index is 13.2. The van der Waals surface area contributed by atoms with Gasteiger partial charge in [0.15, 0.2) is 5.69 Å². The van der Waals surface area contributed by atoms with E-state index < -0.39 is 0 Å². The quantitative estimate of drug-likeness (QED) is 0.355. The van der Waals surface area contributed by atoms with Gasteiger partial charge in [0, 0.05) is 22.5 Å². The highest BCUT2D eigenvalue weighted by atomic mass is 79.9. The monoisotopic (exact) mass is 493 g/mol. The topological polar surface area (TPSA) is 81.8 Å². The van der Waals surface area contributed by atoms with E-state index in [1.165, 1.54) is 4.68 Å². The maximum absolute atomic E-state index is 13.2. The van der Waals surface area contributed by atoms with E-state index in [0.717, 1.165) is 29.3 Å². The Hall–Kier alpha value is -3.26. The fourth-order valence-electron chi connectivity index (χ4n) is 3.57. The minimum absolute atomic E-state index is 0.173. The highest BCUT2D eigenvalue weighted by Crippen LogP contribution is 2.17. The lowest BCUT2D eigenvalue weighted by atomic mass is 10.1. The predicted molar refractivity (Wildman–Crippen MR) is 129 cm³/mol. The van der Waals surface area contributed by atoms with Gasteiger partial charge in [-0.25, -0.2) is 9.36 Å². The molecule has 0 atom stereocenters. The lowest BCUT2D eigenvalue weighted by molar-refractivity contribution is 0.102. The van der Waals surface area contributed by atoms with E-state index >= 15 is 0 Å². The number of anilines is 1. The lowest BCUT2D eigenvalue weighted by Gasteiger charge is -2.12. The molecule has 2 aromatic carbocycles. The zero-order valence-corrected chi connectivity index (χ0v) is 19.4. The van der Waals surface area contributed by atoms with Crippen molar-refractivity contribution >= 4 is 38.4 Å². The molecule has 32 heavy (non-hydrogen) atoms. The second-order valence-corrected chi connectivity index (χ2v) is 8.50. The van der Waals surface area contributed by atoms with Crippen LogP contribution in [0.25, 0.3) is 10.8 Å². The first-order chi connectivity index (χ1) is 15.6. The SMILES string of the molecule is CCCCCn1nc(C(=O)Nc2ccnn2Cc2ccc(Br)cc2)c2ccccc2c1=O. The highest BCUT2D eigenvalue weighted by molar-refractivity contribution is 9.10.